The molecule has 2 rings (SSSR count). The van der Waals surface area contributed by atoms with Crippen molar-refractivity contribution in [2.24, 2.45) is 0 Å². The number of hydrogen-bond donors (Lipinski definition) is 2. The van der Waals surface area contributed by atoms with Gasteiger partial charge in [-0.1, -0.05) is 12.5 Å². The molecule has 1 fully saturated rings. The second-order valence-electron chi connectivity index (χ2n) is 4.45. The van der Waals surface area contributed by atoms with Crippen LogP contribution in [0.5, 0.6) is 0 Å². The molecule has 0 saturated carbocycles. The summed E-state index contributed by atoms with van der Waals surface area (Å²) in [4.78, 5) is 15.9. The van der Waals surface area contributed by atoms with Crippen LogP contribution in [0.15, 0.2) is 24.4 Å². The van der Waals surface area contributed by atoms with Crippen molar-refractivity contribution in [3.8, 4) is 0 Å². The quantitative estimate of drug-likeness (QED) is 0.822. The van der Waals surface area contributed by atoms with Gasteiger partial charge in [-0.05, 0) is 31.5 Å². The highest BCUT2D eigenvalue weighted by molar-refractivity contribution is 5.76. The van der Waals surface area contributed by atoms with Crippen molar-refractivity contribution >= 4 is 5.91 Å². The standard InChI is InChI=1S/C13H19N3O/c17-13(9-11-5-1-3-7-14-11)16-10-12-6-2-4-8-15-12/h2,4,6,8,11,14H,1,3,5,7,9-10H2,(H,16,17). The van der Waals surface area contributed by atoms with E-state index >= 15 is 0 Å². The number of carbonyl (C=O) groups excluding carboxylic acids is 1. The van der Waals surface area contributed by atoms with Crippen molar-refractivity contribution in [1.29, 1.82) is 0 Å². The minimum atomic E-state index is 0.107. The molecule has 1 saturated heterocycles. The fourth-order valence-electron chi connectivity index (χ4n) is 2.09. The topological polar surface area (TPSA) is 54.0 Å². The number of carbonyl (C=O) groups is 1. The van der Waals surface area contributed by atoms with Gasteiger partial charge in [0.1, 0.15) is 0 Å². The molecule has 1 amide bonds. The molecule has 2 heterocycles. The Morgan fingerprint density at radius 1 is 1.47 bits per heavy atom. The lowest BCUT2D eigenvalue weighted by atomic mass is 10.0. The van der Waals surface area contributed by atoms with Gasteiger partial charge in [-0.15, -0.1) is 0 Å². The highest BCUT2D eigenvalue weighted by atomic mass is 16.1. The molecule has 1 unspecified atom stereocenters. The molecule has 1 aromatic heterocycles. The first-order valence-electron chi connectivity index (χ1n) is 6.24. The highest BCUT2D eigenvalue weighted by Crippen LogP contribution is 2.09. The van der Waals surface area contributed by atoms with Crippen molar-refractivity contribution < 1.29 is 4.79 Å². The molecule has 0 aromatic carbocycles. The Bertz CT molecular complexity index is 347. The SMILES string of the molecule is O=C(CC1CCCCN1)NCc1ccccn1. The fourth-order valence-corrected chi connectivity index (χ4v) is 2.09. The van der Waals surface area contributed by atoms with Gasteiger partial charge in [0.15, 0.2) is 0 Å². The second-order valence-corrected chi connectivity index (χ2v) is 4.45. The van der Waals surface area contributed by atoms with Crippen LogP contribution in [0.3, 0.4) is 0 Å². The molecule has 1 aromatic rings. The first kappa shape index (κ1) is 12.0. The number of hydrogen-bond acceptors (Lipinski definition) is 3. The van der Waals surface area contributed by atoms with Gasteiger partial charge in [-0.25, -0.2) is 0 Å². The fraction of sp³-hybridized carbons (Fsp3) is 0.538. The van der Waals surface area contributed by atoms with Gasteiger partial charge in [-0.3, -0.25) is 9.78 Å². The van der Waals surface area contributed by atoms with E-state index in [1.54, 1.807) is 6.20 Å². The smallest absolute Gasteiger partial charge is 0.221 e. The molecule has 0 spiro atoms. The van der Waals surface area contributed by atoms with E-state index in [0.29, 0.717) is 19.0 Å². The third-order valence-electron chi connectivity index (χ3n) is 3.04. The van der Waals surface area contributed by atoms with Crippen LogP contribution in [0, 0.1) is 0 Å². The summed E-state index contributed by atoms with van der Waals surface area (Å²) in [6, 6.07) is 6.07. The predicted molar refractivity (Wildman–Crippen MR) is 66.3 cm³/mol. The first-order chi connectivity index (χ1) is 8.34. The van der Waals surface area contributed by atoms with Crippen LogP contribution in [0.1, 0.15) is 31.4 Å². The molecule has 17 heavy (non-hydrogen) atoms. The molecular formula is C13H19N3O. The van der Waals surface area contributed by atoms with Gasteiger partial charge in [0.25, 0.3) is 0 Å². The molecule has 1 aliphatic heterocycles. The van der Waals surface area contributed by atoms with Gasteiger partial charge in [0, 0.05) is 18.7 Å². The van der Waals surface area contributed by atoms with Gasteiger partial charge >= 0.3 is 0 Å². The number of nitrogens with zero attached hydrogens (tertiary/aromatic N) is 1. The van der Waals surface area contributed by atoms with Crippen LogP contribution in [0.25, 0.3) is 0 Å². The van der Waals surface area contributed by atoms with Gasteiger partial charge in [-0.2, -0.15) is 0 Å². The summed E-state index contributed by atoms with van der Waals surface area (Å²) in [5.41, 5.74) is 0.900. The van der Waals surface area contributed by atoms with E-state index < -0.39 is 0 Å². The monoisotopic (exact) mass is 233 g/mol. The molecule has 1 atom stereocenters. The maximum absolute atomic E-state index is 11.7. The Balaban J connectivity index is 1.70. The van der Waals surface area contributed by atoms with E-state index in [9.17, 15) is 4.79 Å². The van der Waals surface area contributed by atoms with E-state index in [1.807, 2.05) is 18.2 Å². The lowest BCUT2D eigenvalue weighted by Crippen LogP contribution is -2.38. The Hall–Kier alpha value is -1.42. The largest absolute Gasteiger partial charge is 0.350 e. The Labute approximate surface area is 102 Å². The van der Waals surface area contributed by atoms with E-state index in [2.05, 4.69) is 15.6 Å². The Morgan fingerprint density at radius 2 is 2.41 bits per heavy atom. The minimum Gasteiger partial charge on any atom is -0.350 e. The van der Waals surface area contributed by atoms with E-state index in [1.165, 1.54) is 12.8 Å². The molecule has 4 heteroatoms. The molecule has 0 aliphatic carbocycles. The summed E-state index contributed by atoms with van der Waals surface area (Å²) in [5.74, 6) is 0.107. The number of nitrogens with one attached hydrogen (secondary N) is 2. The van der Waals surface area contributed by atoms with Crippen molar-refractivity contribution in [3.63, 3.8) is 0 Å². The number of pyridine rings is 1. The third kappa shape index (κ3) is 4.15. The summed E-state index contributed by atoms with van der Waals surface area (Å²) >= 11 is 0. The molecular weight excluding hydrogens is 214 g/mol. The van der Waals surface area contributed by atoms with Crippen LogP contribution >= 0.6 is 0 Å². The lowest BCUT2D eigenvalue weighted by molar-refractivity contribution is -0.121. The predicted octanol–water partition coefficient (Wildman–Crippen LogP) is 1.23. The van der Waals surface area contributed by atoms with Crippen molar-refractivity contribution in [1.82, 2.24) is 15.6 Å². The summed E-state index contributed by atoms with van der Waals surface area (Å²) < 4.78 is 0. The average molecular weight is 233 g/mol. The molecule has 2 N–H and O–H groups in total. The minimum absolute atomic E-state index is 0.107. The third-order valence-corrected chi connectivity index (χ3v) is 3.04. The summed E-state index contributed by atoms with van der Waals surface area (Å²) in [7, 11) is 0. The lowest BCUT2D eigenvalue weighted by Gasteiger charge is -2.22. The zero-order valence-electron chi connectivity index (χ0n) is 9.98. The number of rotatable bonds is 4. The van der Waals surface area contributed by atoms with E-state index in [0.717, 1.165) is 18.7 Å². The Morgan fingerprint density at radius 3 is 3.12 bits per heavy atom. The second kappa shape index (κ2) is 6.35. The molecule has 92 valence electrons. The number of amides is 1. The zero-order valence-corrected chi connectivity index (χ0v) is 9.98. The summed E-state index contributed by atoms with van der Waals surface area (Å²) in [5, 5.41) is 6.28. The van der Waals surface area contributed by atoms with Gasteiger partial charge in [0.2, 0.25) is 5.91 Å². The maximum atomic E-state index is 11.7. The molecule has 0 radical (unpaired) electrons. The summed E-state index contributed by atoms with van der Waals surface area (Å²) in [6.07, 6.45) is 5.88. The number of aromatic nitrogens is 1. The van der Waals surface area contributed by atoms with Crippen molar-refractivity contribution in [2.75, 3.05) is 6.54 Å². The van der Waals surface area contributed by atoms with E-state index in [-0.39, 0.29) is 5.91 Å². The normalized spacial score (nSPS) is 19.9. The van der Waals surface area contributed by atoms with Crippen LogP contribution in [0.4, 0.5) is 0 Å². The molecule has 0 bridgehead atoms. The van der Waals surface area contributed by atoms with Crippen LogP contribution in [-0.4, -0.2) is 23.5 Å². The van der Waals surface area contributed by atoms with Crippen LogP contribution < -0.4 is 10.6 Å². The van der Waals surface area contributed by atoms with Crippen molar-refractivity contribution in [3.05, 3.63) is 30.1 Å². The zero-order chi connectivity index (χ0) is 11.9. The van der Waals surface area contributed by atoms with E-state index in [4.69, 9.17) is 0 Å². The average Bonchev–Trinajstić information content (AvgIpc) is 2.39. The first-order valence-corrected chi connectivity index (χ1v) is 6.24. The molecule has 1 aliphatic rings. The summed E-state index contributed by atoms with van der Waals surface area (Å²) in [6.45, 7) is 1.56. The maximum Gasteiger partial charge on any atom is 0.221 e. The van der Waals surface area contributed by atoms with Crippen LogP contribution in [0.2, 0.25) is 0 Å². The Kier molecular flexibility index (Phi) is 4.50. The van der Waals surface area contributed by atoms with Gasteiger partial charge in [0.05, 0.1) is 12.2 Å². The number of piperidine rings is 1. The molecule has 4 nitrogen and oxygen atoms in total. The van der Waals surface area contributed by atoms with Crippen molar-refractivity contribution in [2.45, 2.75) is 38.3 Å². The van der Waals surface area contributed by atoms with Crippen LogP contribution in [-0.2, 0) is 11.3 Å². The highest BCUT2D eigenvalue weighted by Gasteiger charge is 2.15. The van der Waals surface area contributed by atoms with Gasteiger partial charge < -0.3 is 10.6 Å².